The number of piperidine rings is 1. The summed E-state index contributed by atoms with van der Waals surface area (Å²) in [6.45, 7) is 10.8. The summed E-state index contributed by atoms with van der Waals surface area (Å²) in [5, 5.41) is 0. The molecule has 1 saturated heterocycles. The number of carbonyl (C=O) groups excluding carboxylic acids is 1. The van der Waals surface area contributed by atoms with Crippen molar-refractivity contribution < 1.29 is 9.53 Å². The second-order valence-corrected chi connectivity index (χ2v) is 6.81. The molecular weight excluding hydrogens is 268 g/mol. The lowest BCUT2D eigenvalue weighted by molar-refractivity contribution is 0.0304. The summed E-state index contributed by atoms with van der Waals surface area (Å²) in [7, 11) is 1.71. The highest BCUT2D eigenvalue weighted by atomic mass is 16.6. The van der Waals surface area contributed by atoms with Gasteiger partial charge in [-0.2, -0.15) is 0 Å². The van der Waals surface area contributed by atoms with Crippen LogP contribution in [-0.2, 0) is 4.74 Å². The highest BCUT2D eigenvalue weighted by Gasteiger charge is 2.19. The monoisotopic (exact) mass is 298 g/mol. The summed E-state index contributed by atoms with van der Waals surface area (Å²) < 4.78 is 5.28. The normalized spacial score (nSPS) is 17.8. The number of hydrogen-bond donors (Lipinski definition) is 1. The molecule has 1 amide bonds. The van der Waals surface area contributed by atoms with Gasteiger partial charge in [-0.15, -0.1) is 0 Å². The van der Waals surface area contributed by atoms with E-state index in [1.54, 1.807) is 7.05 Å². The number of likely N-dealkylation sites (N-methyl/N-ethyl adjacent to an activating group) is 1. The van der Waals surface area contributed by atoms with Crippen LogP contribution in [0.5, 0.6) is 0 Å². The van der Waals surface area contributed by atoms with Crippen LogP contribution in [0.2, 0.25) is 0 Å². The minimum atomic E-state index is -0.474. The van der Waals surface area contributed by atoms with E-state index in [0.717, 1.165) is 31.8 Å². The van der Waals surface area contributed by atoms with E-state index in [-0.39, 0.29) is 6.09 Å². The molecule has 0 aromatic heterocycles. The van der Waals surface area contributed by atoms with E-state index in [4.69, 9.17) is 10.5 Å². The molecule has 1 heterocycles. The molecular formula is C15H30N4O2. The molecule has 1 aliphatic rings. The molecule has 0 saturated carbocycles. The van der Waals surface area contributed by atoms with Crippen LogP contribution in [0.3, 0.4) is 0 Å². The second-order valence-electron chi connectivity index (χ2n) is 6.81. The average molecular weight is 298 g/mol. The minimum absolute atomic E-state index is 0.330. The highest BCUT2D eigenvalue weighted by Crippen LogP contribution is 2.15. The van der Waals surface area contributed by atoms with Crippen molar-refractivity contribution in [3.63, 3.8) is 0 Å². The Labute approximate surface area is 128 Å². The molecule has 6 heteroatoms. The number of likely N-dealkylation sites (tertiary alicyclic amines) is 1. The molecule has 0 unspecified atom stereocenters. The lowest BCUT2D eigenvalue weighted by Crippen LogP contribution is -2.43. The number of aliphatic imine (C=N–C) groups is 1. The first kappa shape index (κ1) is 17.6. The van der Waals surface area contributed by atoms with Gasteiger partial charge in [0.1, 0.15) is 5.60 Å². The van der Waals surface area contributed by atoms with Gasteiger partial charge in [0, 0.05) is 26.7 Å². The Morgan fingerprint density at radius 1 is 1.38 bits per heavy atom. The molecule has 0 radical (unpaired) electrons. The first-order valence-electron chi connectivity index (χ1n) is 7.68. The third-order valence-electron chi connectivity index (χ3n) is 3.52. The molecule has 0 spiro atoms. The summed E-state index contributed by atoms with van der Waals surface area (Å²) in [4.78, 5) is 19.8. The number of nitrogens with zero attached hydrogens (tertiary/aromatic N) is 3. The van der Waals surface area contributed by atoms with Crippen LogP contribution in [0.1, 0.15) is 40.5 Å². The number of rotatable bonds is 3. The van der Waals surface area contributed by atoms with Crippen molar-refractivity contribution in [2.24, 2.45) is 16.6 Å². The number of amides is 1. The fourth-order valence-electron chi connectivity index (χ4n) is 2.08. The SMILES string of the molecule is CC1CCN(C(N)=NCCN(C)C(=O)OC(C)(C)C)CC1. The first-order chi connectivity index (χ1) is 9.69. The van der Waals surface area contributed by atoms with Gasteiger partial charge in [-0.3, -0.25) is 4.99 Å². The van der Waals surface area contributed by atoms with Gasteiger partial charge < -0.3 is 20.3 Å². The van der Waals surface area contributed by atoms with E-state index in [1.807, 2.05) is 20.8 Å². The molecule has 122 valence electrons. The molecule has 0 aliphatic carbocycles. The summed E-state index contributed by atoms with van der Waals surface area (Å²) in [6, 6.07) is 0. The zero-order valence-electron chi connectivity index (χ0n) is 14.1. The van der Waals surface area contributed by atoms with Crippen LogP contribution in [0.4, 0.5) is 4.79 Å². The first-order valence-corrected chi connectivity index (χ1v) is 7.68. The summed E-state index contributed by atoms with van der Waals surface area (Å²) >= 11 is 0. The molecule has 1 rings (SSSR count). The Kier molecular flexibility index (Phi) is 6.30. The predicted molar refractivity (Wildman–Crippen MR) is 85.3 cm³/mol. The smallest absolute Gasteiger partial charge is 0.410 e. The lowest BCUT2D eigenvalue weighted by Gasteiger charge is -2.31. The van der Waals surface area contributed by atoms with Crippen molar-refractivity contribution in [2.75, 3.05) is 33.2 Å². The molecule has 0 bridgehead atoms. The van der Waals surface area contributed by atoms with Crippen molar-refractivity contribution in [3.8, 4) is 0 Å². The van der Waals surface area contributed by atoms with E-state index in [0.29, 0.717) is 19.0 Å². The van der Waals surface area contributed by atoms with Crippen molar-refractivity contribution in [3.05, 3.63) is 0 Å². The largest absolute Gasteiger partial charge is 0.444 e. The fraction of sp³-hybridized carbons (Fsp3) is 0.867. The van der Waals surface area contributed by atoms with Crippen molar-refractivity contribution in [1.29, 1.82) is 0 Å². The van der Waals surface area contributed by atoms with E-state index in [9.17, 15) is 4.79 Å². The maximum Gasteiger partial charge on any atom is 0.410 e. The average Bonchev–Trinajstić information content (AvgIpc) is 2.37. The number of ether oxygens (including phenoxy) is 1. The standard InChI is InChI=1S/C15H30N4O2/c1-12-6-9-19(10-7-12)13(16)17-8-11-18(5)14(20)21-15(2,3)4/h12H,6-11H2,1-5H3,(H2,16,17). The Morgan fingerprint density at radius 3 is 2.48 bits per heavy atom. The van der Waals surface area contributed by atoms with Crippen LogP contribution in [0, 0.1) is 5.92 Å². The maximum absolute atomic E-state index is 11.8. The Morgan fingerprint density at radius 2 is 1.95 bits per heavy atom. The maximum atomic E-state index is 11.8. The minimum Gasteiger partial charge on any atom is -0.444 e. The van der Waals surface area contributed by atoms with Gasteiger partial charge >= 0.3 is 6.09 Å². The van der Waals surface area contributed by atoms with Gasteiger partial charge in [-0.25, -0.2) is 4.79 Å². The van der Waals surface area contributed by atoms with E-state index in [2.05, 4.69) is 16.8 Å². The molecule has 0 aromatic rings. The zero-order chi connectivity index (χ0) is 16.0. The van der Waals surface area contributed by atoms with Gasteiger partial charge in [-0.1, -0.05) is 6.92 Å². The molecule has 0 aromatic carbocycles. The van der Waals surface area contributed by atoms with Crippen LogP contribution < -0.4 is 5.73 Å². The van der Waals surface area contributed by atoms with Crippen molar-refractivity contribution in [2.45, 2.75) is 46.1 Å². The van der Waals surface area contributed by atoms with E-state index >= 15 is 0 Å². The van der Waals surface area contributed by atoms with Gasteiger partial charge in [-0.05, 0) is 39.5 Å². The van der Waals surface area contributed by atoms with Crippen molar-refractivity contribution in [1.82, 2.24) is 9.80 Å². The van der Waals surface area contributed by atoms with Gasteiger partial charge in [0.05, 0.1) is 6.54 Å². The van der Waals surface area contributed by atoms with Crippen LogP contribution in [-0.4, -0.2) is 60.7 Å². The highest BCUT2D eigenvalue weighted by molar-refractivity contribution is 5.78. The van der Waals surface area contributed by atoms with E-state index < -0.39 is 5.60 Å². The second kappa shape index (κ2) is 7.52. The van der Waals surface area contributed by atoms with Crippen LogP contribution >= 0.6 is 0 Å². The lowest BCUT2D eigenvalue weighted by atomic mass is 10.00. The van der Waals surface area contributed by atoms with Crippen LogP contribution in [0.25, 0.3) is 0 Å². The summed E-state index contributed by atoms with van der Waals surface area (Å²) in [6.07, 6.45) is 1.99. The number of hydrogen-bond acceptors (Lipinski definition) is 3. The Hall–Kier alpha value is -1.46. The van der Waals surface area contributed by atoms with E-state index in [1.165, 1.54) is 4.90 Å². The molecule has 21 heavy (non-hydrogen) atoms. The van der Waals surface area contributed by atoms with Gasteiger partial charge in [0.2, 0.25) is 0 Å². The topological polar surface area (TPSA) is 71.2 Å². The predicted octanol–water partition coefficient (Wildman–Crippen LogP) is 1.90. The fourth-order valence-corrected chi connectivity index (χ4v) is 2.08. The summed E-state index contributed by atoms with van der Waals surface area (Å²) in [5.74, 6) is 1.35. The number of nitrogens with two attached hydrogens (primary N) is 1. The number of carbonyl (C=O) groups is 1. The van der Waals surface area contributed by atoms with Gasteiger partial charge in [0.25, 0.3) is 0 Å². The van der Waals surface area contributed by atoms with Crippen LogP contribution in [0.15, 0.2) is 4.99 Å². The quantitative estimate of drug-likeness (QED) is 0.638. The number of guanidine groups is 1. The Balaban J connectivity index is 2.34. The Bertz CT molecular complexity index is 368. The molecule has 0 atom stereocenters. The van der Waals surface area contributed by atoms with Gasteiger partial charge in [0.15, 0.2) is 5.96 Å². The van der Waals surface area contributed by atoms with Crippen molar-refractivity contribution >= 4 is 12.1 Å². The zero-order valence-corrected chi connectivity index (χ0v) is 14.1. The third-order valence-corrected chi connectivity index (χ3v) is 3.52. The molecule has 1 aliphatic heterocycles. The molecule has 2 N–H and O–H groups in total. The summed E-state index contributed by atoms with van der Waals surface area (Å²) in [5.41, 5.74) is 5.53. The third kappa shape index (κ3) is 6.69. The molecule has 6 nitrogen and oxygen atoms in total. The molecule has 1 fully saturated rings.